The summed E-state index contributed by atoms with van der Waals surface area (Å²) in [7, 11) is 0. The number of carbonyl (C=O) groups is 1. The Labute approximate surface area is 83.3 Å². The lowest BCUT2D eigenvalue weighted by molar-refractivity contribution is 0.112. The Morgan fingerprint density at radius 3 is 3.08 bits per heavy atom. The van der Waals surface area contributed by atoms with E-state index >= 15 is 0 Å². The van der Waals surface area contributed by atoms with E-state index in [1.165, 1.54) is 0 Å². The van der Waals surface area contributed by atoms with E-state index in [-0.39, 0.29) is 0 Å². The molecular weight excluding hydrogens is 232 g/mol. The first-order valence-corrected chi connectivity index (χ1v) is 4.94. The number of aromatic amines is 1. The van der Waals surface area contributed by atoms with Crippen molar-refractivity contribution in [3.8, 4) is 0 Å². The summed E-state index contributed by atoms with van der Waals surface area (Å²) in [5.74, 6) is 0. The quantitative estimate of drug-likeness (QED) is 0.645. The summed E-state index contributed by atoms with van der Waals surface area (Å²) < 4.78 is 0. The number of halogens is 1. The number of alkyl halides is 1. The van der Waals surface area contributed by atoms with Gasteiger partial charge < -0.3 is 4.98 Å². The number of aldehydes is 1. The van der Waals surface area contributed by atoms with Crippen molar-refractivity contribution in [2.24, 2.45) is 0 Å². The molecule has 0 saturated heterocycles. The van der Waals surface area contributed by atoms with Gasteiger partial charge in [-0.2, -0.15) is 0 Å². The molecule has 1 aromatic carbocycles. The van der Waals surface area contributed by atoms with Crippen molar-refractivity contribution < 1.29 is 4.79 Å². The molecule has 4 heteroatoms. The second kappa shape index (κ2) is 3.30. The van der Waals surface area contributed by atoms with Crippen molar-refractivity contribution in [2.45, 2.75) is 5.33 Å². The first kappa shape index (κ1) is 8.44. The summed E-state index contributed by atoms with van der Waals surface area (Å²) in [4.78, 5) is 17.7. The lowest BCUT2D eigenvalue weighted by atomic mass is 10.1. The van der Waals surface area contributed by atoms with Gasteiger partial charge in [0.2, 0.25) is 0 Å². The van der Waals surface area contributed by atoms with Crippen LogP contribution in [0.25, 0.3) is 11.0 Å². The van der Waals surface area contributed by atoms with Crippen LogP contribution < -0.4 is 0 Å². The van der Waals surface area contributed by atoms with Gasteiger partial charge in [0.1, 0.15) is 6.29 Å². The van der Waals surface area contributed by atoms with E-state index in [1.54, 1.807) is 12.4 Å². The van der Waals surface area contributed by atoms with Gasteiger partial charge in [0, 0.05) is 10.9 Å². The standard InChI is InChI=1S/C9H7BrN2O/c10-3-7-1-6(4-13)2-8-9(7)12-5-11-8/h1-2,4-5H,3H2,(H,11,12). The van der Waals surface area contributed by atoms with Crippen LogP contribution in [0.5, 0.6) is 0 Å². The zero-order chi connectivity index (χ0) is 9.26. The number of benzene rings is 1. The van der Waals surface area contributed by atoms with Crippen LogP contribution in [0.3, 0.4) is 0 Å². The van der Waals surface area contributed by atoms with Crippen LogP contribution in [0, 0.1) is 0 Å². The molecule has 2 rings (SSSR count). The molecule has 13 heavy (non-hydrogen) atoms. The van der Waals surface area contributed by atoms with Crippen LogP contribution in [0.15, 0.2) is 18.5 Å². The molecular formula is C9H7BrN2O. The molecule has 0 aliphatic carbocycles. The maximum atomic E-state index is 10.6. The Balaban J connectivity index is 2.77. The summed E-state index contributed by atoms with van der Waals surface area (Å²) in [5, 5.41) is 0.704. The Morgan fingerprint density at radius 2 is 2.38 bits per heavy atom. The molecule has 0 aliphatic rings. The molecule has 0 amide bonds. The minimum absolute atomic E-state index is 0.672. The highest BCUT2D eigenvalue weighted by molar-refractivity contribution is 9.08. The summed E-state index contributed by atoms with van der Waals surface area (Å²) >= 11 is 3.36. The van der Waals surface area contributed by atoms with Gasteiger partial charge in [-0.1, -0.05) is 15.9 Å². The minimum Gasteiger partial charge on any atom is -0.345 e. The van der Waals surface area contributed by atoms with Gasteiger partial charge in [0.05, 0.1) is 17.4 Å². The van der Waals surface area contributed by atoms with E-state index in [0.717, 1.165) is 22.9 Å². The summed E-state index contributed by atoms with van der Waals surface area (Å²) in [5.41, 5.74) is 3.52. The number of fused-ring (bicyclic) bond motifs is 1. The molecule has 2 aromatic rings. The maximum Gasteiger partial charge on any atom is 0.150 e. The number of nitrogens with zero attached hydrogens (tertiary/aromatic N) is 1. The highest BCUT2D eigenvalue weighted by Gasteiger charge is 2.04. The van der Waals surface area contributed by atoms with Gasteiger partial charge in [-0.3, -0.25) is 4.79 Å². The molecule has 0 spiro atoms. The van der Waals surface area contributed by atoms with E-state index in [9.17, 15) is 4.79 Å². The van der Waals surface area contributed by atoms with Crippen LogP contribution in [0.1, 0.15) is 15.9 Å². The third-order valence-electron chi connectivity index (χ3n) is 1.90. The Kier molecular flexibility index (Phi) is 2.14. The van der Waals surface area contributed by atoms with Gasteiger partial charge in [-0.25, -0.2) is 4.98 Å². The lowest BCUT2D eigenvalue weighted by Crippen LogP contribution is -1.86. The van der Waals surface area contributed by atoms with Gasteiger partial charge in [-0.05, 0) is 17.7 Å². The fourth-order valence-corrected chi connectivity index (χ4v) is 1.75. The molecule has 66 valence electrons. The molecule has 0 bridgehead atoms. The molecule has 1 N–H and O–H groups in total. The van der Waals surface area contributed by atoms with Crippen LogP contribution in [-0.4, -0.2) is 16.3 Å². The number of carbonyl (C=O) groups excluding carboxylic acids is 1. The average molecular weight is 239 g/mol. The molecule has 0 saturated carbocycles. The normalized spacial score (nSPS) is 10.5. The van der Waals surface area contributed by atoms with Crippen LogP contribution in [0.4, 0.5) is 0 Å². The molecule has 0 unspecified atom stereocenters. The number of imidazole rings is 1. The van der Waals surface area contributed by atoms with Gasteiger partial charge >= 0.3 is 0 Å². The molecule has 0 aliphatic heterocycles. The van der Waals surface area contributed by atoms with E-state index < -0.39 is 0 Å². The van der Waals surface area contributed by atoms with E-state index in [4.69, 9.17) is 0 Å². The average Bonchev–Trinajstić information content (AvgIpc) is 2.63. The Morgan fingerprint density at radius 1 is 1.54 bits per heavy atom. The lowest BCUT2D eigenvalue weighted by Gasteiger charge is -1.98. The van der Waals surface area contributed by atoms with Crippen LogP contribution in [0.2, 0.25) is 0 Å². The number of H-pyrrole nitrogens is 1. The van der Waals surface area contributed by atoms with E-state index in [1.807, 2.05) is 6.07 Å². The van der Waals surface area contributed by atoms with Crippen molar-refractivity contribution in [2.75, 3.05) is 0 Å². The maximum absolute atomic E-state index is 10.6. The van der Waals surface area contributed by atoms with E-state index in [0.29, 0.717) is 10.9 Å². The first-order chi connectivity index (χ1) is 6.35. The molecule has 3 nitrogen and oxygen atoms in total. The van der Waals surface area contributed by atoms with Crippen LogP contribution >= 0.6 is 15.9 Å². The number of nitrogens with one attached hydrogen (secondary N) is 1. The highest BCUT2D eigenvalue weighted by atomic mass is 79.9. The molecule has 0 radical (unpaired) electrons. The topological polar surface area (TPSA) is 45.8 Å². The summed E-state index contributed by atoms with van der Waals surface area (Å²) in [6.07, 6.45) is 2.47. The second-order valence-corrected chi connectivity index (χ2v) is 3.29. The molecule has 0 fully saturated rings. The van der Waals surface area contributed by atoms with Crippen molar-refractivity contribution in [3.05, 3.63) is 29.6 Å². The van der Waals surface area contributed by atoms with Gasteiger partial charge in [0.15, 0.2) is 0 Å². The zero-order valence-electron chi connectivity index (χ0n) is 6.75. The van der Waals surface area contributed by atoms with Crippen LogP contribution in [-0.2, 0) is 5.33 Å². The number of rotatable bonds is 2. The Bertz CT molecular complexity index is 450. The third kappa shape index (κ3) is 1.37. The zero-order valence-corrected chi connectivity index (χ0v) is 8.34. The van der Waals surface area contributed by atoms with Crippen molar-refractivity contribution >= 4 is 33.2 Å². The van der Waals surface area contributed by atoms with Crippen molar-refractivity contribution in [1.82, 2.24) is 9.97 Å². The minimum atomic E-state index is 0.672. The highest BCUT2D eigenvalue weighted by Crippen LogP contribution is 2.19. The van der Waals surface area contributed by atoms with Gasteiger partial charge in [-0.15, -0.1) is 0 Å². The van der Waals surface area contributed by atoms with Crippen molar-refractivity contribution in [1.29, 1.82) is 0 Å². The summed E-state index contributed by atoms with van der Waals surface area (Å²) in [6.45, 7) is 0. The van der Waals surface area contributed by atoms with Crippen molar-refractivity contribution in [3.63, 3.8) is 0 Å². The smallest absolute Gasteiger partial charge is 0.150 e. The predicted octanol–water partition coefficient (Wildman–Crippen LogP) is 2.27. The number of hydrogen-bond acceptors (Lipinski definition) is 2. The fourth-order valence-electron chi connectivity index (χ4n) is 1.32. The second-order valence-electron chi connectivity index (χ2n) is 2.73. The largest absolute Gasteiger partial charge is 0.345 e. The number of hydrogen-bond donors (Lipinski definition) is 1. The predicted molar refractivity (Wildman–Crippen MR) is 54.1 cm³/mol. The van der Waals surface area contributed by atoms with E-state index in [2.05, 4.69) is 25.9 Å². The molecule has 1 heterocycles. The van der Waals surface area contributed by atoms with Gasteiger partial charge in [0.25, 0.3) is 0 Å². The summed E-state index contributed by atoms with van der Waals surface area (Å²) in [6, 6.07) is 3.63. The SMILES string of the molecule is O=Cc1cc(CBr)c2nc[nH]c2c1. The monoisotopic (exact) mass is 238 g/mol. The fraction of sp³-hybridized carbons (Fsp3) is 0.111. The molecule has 0 atom stereocenters. The first-order valence-electron chi connectivity index (χ1n) is 3.82. The Hall–Kier alpha value is -1.16. The third-order valence-corrected chi connectivity index (χ3v) is 2.51. The molecule has 1 aromatic heterocycles. The number of aromatic nitrogens is 2.